The van der Waals surface area contributed by atoms with Gasteiger partial charge in [0.15, 0.2) is 11.5 Å². The lowest BCUT2D eigenvalue weighted by Gasteiger charge is -2.12. The van der Waals surface area contributed by atoms with Gasteiger partial charge in [-0.2, -0.15) is 5.10 Å². The zero-order valence-corrected chi connectivity index (χ0v) is 16.4. The first-order chi connectivity index (χ1) is 12.5. The van der Waals surface area contributed by atoms with Crippen LogP contribution in [0.4, 0.5) is 0 Å². The fourth-order valence-electron chi connectivity index (χ4n) is 2.21. The van der Waals surface area contributed by atoms with Crippen molar-refractivity contribution in [1.29, 1.82) is 0 Å². The number of methoxy groups -OCH3 is 4. The van der Waals surface area contributed by atoms with Crippen molar-refractivity contribution >= 4 is 28.1 Å². The lowest BCUT2D eigenvalue weighted by molar-refractivity contribution is 0.0955. The first kappa shape index (κ1) is 19.6. The fraction of sp³-hybridized carbons (Fsp3) is 0.222. The Morgan fingerprint density at radius 2 is 1.58 bits per heavy atom. The lowest BCUT2D eigenvalue weighted by Crippen LogP contribution is -2.17. The van der Waals surface area contributed by atoms with Gasteiger partial charge in [-0.3, -0.25) is 4.79 Å². The molecule has 8 heteroatoms. The maximum atomic E-state index is 12.2. The van der Waals surface area contributed by atoms with Crippen LogP contribution in [0.2, 0.25) is 0 Å². The van der Waals surface area contributed by atoms with E-state index in [1.54, 1.807) is 37.4 Å². The number of nitrogens with one attached hydrogen (secondary N) is 1. The van der Waals surface area contributed by atoms with Crippen LogP contribution < -0.4 is 24.4 Å². The summed E-state index contributed by atoms with van der Waals surface area (Å²) in [6.07, 6.45) is 1.49. The maximum Gasteiger partial charge on any atom is 0.271 e. The van der Waals surface area contributed by atoms with Gasteiger partial charge in [0.1, 0.15) is 5.75 Å². The zero-order valence-electron chi connectivity index (χ0n) is 14.8. The SMILES string of the molecule is COc1ccc(C(=O)N/N=C/c2cc(OC)c(OC)c(OC)c2)cc1Br. The monoisotopic (exact) mass is 422 g/mol. The van der Waals surface area contributed by atoms with E-state index in [4.69, 9.17) is 18.9 Å². The molecule has 0 atom stereocenters. The third-order valence-corrected chi connectivity index (χ3v) is 4.10. The van der Waals surface area contributed by atoms with Crippen molar-refractivity contribution in [3.05, 3.63) is 45.9 Å². The van der Waals surface area contributed by atoms with Crippen LogP contribution in [0.1, 0.15) is 15.9 Å². The van der Waals surface area contributed by atoms with Crippen LogP contribution in [0.15, 0.2) is 39.9 Å². The highest BCUT2D eigenvalue weighted by atomic mass is 79.9. The van der Waals surface area contributed by atoms with Crippen LogP contribution in [-0.2, 0) is 0 Å². The molecule has 0 spiro atoms. The summed E-state index contributed by atoms with van der Waals surface area (Å²) in [7, 11) is 6.14. The van der Waals surface area contributed by atoms with Crippen molar-refractivity contribution in [3.8, 4) is 23.0 Å². The number of carbonyl (C=O) groups excluding carboxylic acids is 1. The molecule has 1 amide bonds. The minimum Gasteiger partial charge on any atom is -0.496 e. The highest BCUT2D eigenvalue weighted by molar-refractivity contribution is 9.10. The van der Waals surface area contributed by atoms with Crippen molar-refractivity contribution in [3.63, 3.8) is 0 Å². The van der Waals surface area contributed by atoms with Gasteiger partial charge in [-0.05, 0) is 46.3 Å². The summed E-state index contributed by atoms with van der Waals surface area (Å²) < 4.78 is 21.6. The number of nitrogens with zero attached hydrogens (tertiary/aromatic N) is 1. The molecule has 0 saturated carbocycles. The number of hydrazone groups is 1. The lowest BCUT2D eigenvalue weighted by atomic mass is 10.2. The third kappa shape index (κ3) is 4.45. The Bertz CT molecular complexity index is 798. The maximum absolute atomic E-state index is 12.2. The smallest absolute Gasteiger partial charge is 0.271 e. The van der Waals surface area contributed by atoms with Gasteiger partial charge in [0.05, 0.1) is 39.1 Å². The molecule has 2 aromatic carbocycles. The minimum absolute atomic E-state index is 0.350. The highest BCUT2D eigenvalue weighted by Crippen LogP contribution is 2.37. The molecule has 0 fully saturated rings. The molecule has 2 rings (SSSR count). The number of rotatable bonds is 7. The molecule has 0 aliphatic heterocycles. The molecule has 138 valence electrons. The fourth-order valence-corrected chi connectivity index (χ4v) is 2.75. The summed E-state index contributed by atoms with van der Waals surface area (Å²) in [4.78, 5) is 12.2. The molecule has 0 saturated heterocycles. The molecule has 0 heterocycles. The molecule has 0 aliphatic carbocycles. The summed E-state index contributed by atoms with van der Waals surface area (Å²) in [5, 5.41) is 3.97. The Balaban J connectivity index is 2.15. The van der Waals surface area contributed by atoms with E-state index in [0.29, 0.717) is 38.6 Å². The third-order valence-electron chi connectivity index (χ3n) is 3.48. The second-order valence-electron chi connectivity index (χ2n) is 5.01. The van der Waals surface area contributed by atoms with Crippen LogP contribution >= 0.6 is 15.9 Å². The van der Waals surface area contributed by atoms with E-state index in [0.717, 1.165) is 0 Å². The second-order valence-corrected chi connectivity index (χ2v) is 5.86. The quantitative estimate of drug-likeness (QED) is 0.547. The average Bonchev–Trinajstić information content (AvgIpc) is 2.66. The highest BCUT2D eigenvalue weighted by Gasteiger charge is 2.12. The number of carbonyl (C=O) groups is 1. The average molecular weight is 423 g/mol. The summed E-state index contributed by atoms with van der Waals surface area (Å²) in [5.41, 5.74) is 3.59. The Morgan fingerprint density at radius 3 is 2.08 bits per heavy atom. The summed E-state index contributed by atoms with van der Waals surface area (Å²) in [6.45, 7) is 0. The van der Waals surface area contributed by atoms with Crippen molar-refractivity contribution in [1.82, 2.24) is 5.43 Å². The summed E-state index contributed by atoms with van der Waals surface area (Å²) >= 11 is 3.34. The number of halogens is 1. The predicted molar refractivity (Wildman–Crippen MR) is 102 cm³/mol. The van der Waals surface area contributed by atoms with Crippen molar-refractivity contribution in [2.75, 3.05) is 28.4 Å². The van der Waals surface area contributed by atoms with Crippen LogP contribution in [0.3, 0.4) is 0 Å². The molecule has 1 N–H and O–H groups in total. The standard InChI is InChI=1S/C18H19BrN2O5/c1-23-14-6-5-12(9-13(14)19)18(22)21-20-10-11-7-15(24-2)17(26-4)16(8-11)25-3/h5-10H,1-4H3,(H,21,22)/b20-10+. The van der Waals surface area contributed by atoms with Crippen LogP contribution in [0, 0.1) is 0 Å². The van der Waals surface area contributed by atoms with Crippen molar-refractivity contribution in [2.24, 2.45) is 5.10 Å². The van der Waals surface area contributed by atoms with Gasteiger partial charge in [0.25, 0.3) is 5.91 Å². The van der Waals surface area contributed by atoms with Crippen molar-refractivity contribution < 1.29 is 23.7 Å². The van der Waals surface area contributed by atoms with Gasteiger partial charge >= 0.3 is 0 Å². The zero-order chi connectivity index (χ0) is 19.1. The number of amides is 1. The van der Waals surface area contributed by atoms with Gasteiger partial charge in [-0.15, -0.1) is 0 Å². The molecule has 0 bridgehead atoms. The molecule has 0 radical (unpaired) electrons. The van der Waals surface area contributed by atoms with E-state index in [-0.39, 0.29) is 5.91 Å². The number of benzene rings is 2. The summed E-state index contributed by atoms with van der Waals surface area (Å²) in [6, 6.07) is 8.45. The van der Waals surface area contributed by atoms with E-state index < -0.39 is 0 Å². The summed E-state index contributed by atoms with van der Waals surface area (Å²) in [5.74, 6) is 1.77. The Hall–Kier alpha value is -2.74. The van der Waals surface area contributed by atoms with Gasteiger partial charge in [-0.25, -0.2) is 5.43 Å². The second kappa shape index (κ2) is 9.10. The van der Waals surface area contributed by atoms with E-state index in [1.165, 1.54) is 27.5 Å². The normalized spacial score (nSPS) is 10.5. The Labute approximate surface area is 160 Å². The molecule has 0 aromatic heterocycles. The van der Waals surface area contributed by atoms with E-state index in [9.17, 15) is 4.79 Å². The van der Waals surface area contributed by atoms with Crippen molar-refractivity contribution in [2.45, 2.75) is 0 Å². The number of hydrogen-bond donors (Lipinski definition) is 1. The molecule has 0 unspecified atom stereocenters. The predicted octanol–water partition coefficient (Wildman–Crippen LogP) is 3.25. The van der Waals surface area contributed by atoms with E-state index in [1.807, 2.05) is 0 Å². The number of ether oxygens (including phenoxy) is 4. The van der Waals surface area contributed by atoms with Gasteiger partial charge in [0.2, 0.25) is 5.75 Å². The Morgan fingerprint density at radius 1 is 0.962 bits per heavy atom. The molecule has 7 nitrogen and oxygen atoms in total. The molecule has 2 aromatic rings. The first-order valence-corrected chi connectivity index (χ1v) is 8.30. The molecule has 26 heavy (non-hydrogen) atoms. The van der Waals surface area contributed by atoms with Gasteiger partial charge in [-0.1, -0.05) is 0 Å². The van der Waals surface area contributed by atoms with Crippen LogP contribution in [0.5, 0.6) is 23.0 Å². The van der Waals surface area contributed by atoms with E-state index >= 15 is 0 Å². The first-order valence-electron chi connectivity index (χ1n) is 7.51. The minimum atomic E-state index is -0.350. The van der Waals surface area contributed by atoms with Gasteiger partial charge in [0, 0.05) is 11.1 Å². The largest absolute Gasteiger partial charge is 0.496 e. The molecular weight excluding hydrogens is 404 g/mol. The Kier molecular flexibility index (Phi) is 6.85. The van der Waals surface area contributed by atoms with Crippen LogP contribution in [-0.4, -0.2) is 40.6 Å². The van der Waals surface area contributed by atoms with Crippen LogP contribution in [0.25, 0.3) is 0 Å². The molecule has 0 aliphatic rings. The number of hydrogen-bond acceptors (Lipinski definition) is 6. The van der Waals surface area contributed by atoms with E-state index in [2.05, 4.69) is 26.5 Å². The van der Waals surface area contributed by atoms with Gasteiger partial charge < -0.3 is 18.9 Å². The molecular formula is C18H19BrN2O5. The topological polar surface area (TPSA) is 78.4 Å².